The van der Waals surface area contributed by atoms with Crippen molar-refractivity contribution in [2.45, 2.75) is 38.5 Å². The van der Waals surface area contributed by atoms with Crippen molar-refractivity contribution in [1.29, 1.82) is 10.5 Å². The Kier molecular flexibility index (Phi) is 5.47. The molecular weight excluding hydrogens is 338 g/mol. The normalized spacial score (nSPS) is 14.6. The van der Waals surface area contributed by atoms with Gasteiger partial charge in [-0.2, -0.15) is 10.5 Å². The van der Waals surface area contributed by atoms with Crippen LogP contribution >= 0.6 is 0 Å². The van der Waals surface area contributed by atoms with Crippen LogP contribution in [0.5, 0.6) is 0 Å². The Morgan fingerprint density at radius 2 is 1.56 bits per heavy atom. The van der Waals surface area contributed by atoms with Crippen molar-refractivity contribution in [1.82, 2.24) is 5.32 Å². The molecule has 0 unspecified atom stereocenters. The first kappa shape index (κ1) is 19.9. The van der Waals surface area contributed by atoms with E-state index in [0.717, 1.165) is 11.1 Å². The zero-order valence-electron chi connectivity index (χ0n) is 15.8. The predicted molar refractivity (Wildman–Crippen MR) is 102 cm³/mol. The SMILES string of the molecule is CC(C)(C#N)c1ccccc1C#N.CC1(C)C(=O)NC(=O)c2ccccc21. The standard InChI is InChI=1S/C11H10N2.C11H11NO2/c1-11(2,8-13)10-6-4-3-5-9(10)7-12;1-11(2)8-6-4-3-5-7(8)9(13)12-10(11)14/h3-6H,1-2H3;3-6H,1-2H3,(H,12,13,14). The molecule has 0 radical (unpaired) electrons. The van der Waals surface area contributed by atoms with Gasteiger partial charge in [-0.3, -0.25) is 14.9 Å². The van der Waals surface area contributed by atoms with Crippen molar-refractivity contribution in [3.05, 3.63) is 70.8 Å². The van der Waals surface area contributed by atoms with Crippen LogP contribution in [0.1, 0.15) is 54.7 Å². The van der Waals surface area contributed by atoms with Crippen molar-refractivity contribution in [2.75, 3.05) is 0 Å². The van der Waals surface area contributed by atoms with Crippen LogP contribution in [-0.2, 0) is 15.6 Å². The molecule has 1 heterocycles. The van der Waals surface area contributed by atoms with Crippen LogP contribution in [0.2, 0.25) is 0 Å². The number of fused-ring (bicyclic) bond motifs is 1. The zero-order chi connectivity index (χ0) is 20.2. The molecule has 0 bridgehead atoms. The monoisotopic (exact) mass is 359 g/mol. The number of rotatable bonds is 1. The van der Waals surface area contributed by atoms with E-state index in [-0.39, 0.29) is 11.8 Å². The lowest BCUT2D eigenvalue weighted by Crippen LogP contribution is -2.48. The fourth-order valence-corrected chi connectivity index (χ4v) is 2.86. The first-order valence-electron chi connectivity index (χ1n) is 8.51. The first-order chi connectivity index (χ1) is 12.6. The summed E-state index contributed by atoms with van der Waals surface area (Å²) in [6.45, 7) is 7.24. The molecule has 0 saturated heterocycles. The van der Waals surface area contributed by atoms with Crippen LogP contribution in [0, 0.1) is 22.7 Å². The molecule has 0 atom stereocenters. The highest BCUT2D eigenvalue weighted by molar-refractivity contribution is 6.12. The van der Waals surface area contributed by atoms with E-state index in [1.165, 1.54) is 0 Å². The van der Waals surface area contributed by atoms with Crippen LogP contribution in [-0.4, -0.2) is 11.8 Å². The second-order valence-corrected chi connectivity index (χ2v) is 7.35. The molecule has 5 nitrogen and oxygen atoms in total. The highest BCUT2D eigenvalue weighted by atomic mass is 16.2. The van der Waals surface area contributed by atoms with Gasteiger partial charge in [0.05, 0.1) is 28.5 Å². The van der Waals surface area contributed by atoms with Gasteiger partial charge in [0.1, 0.15) is 0 Å². The summed E-state index contributed by atoms with van der Waals surface area (Å²) in [5, 5.41) is 20.1. The molecule has 0 aromatic heterocycles. The third kappa shape index (κ3) is 3.88. The summed E-state index contributed by atoms with van der Waals surface area (Å²) in [7, 11) is 0. The molecule has 3 rings (SSSR count). The van der Waals surface area contributed by atoms with Gasteiger partial charge in [0.2, 0.25) is 5.91 Å². The van der Waals surface area contributed by atoms with E-state index < -0.39 is 10.8 Å². The molecule has 0 spiro atoms. The van der Waals surface area contributed by atoms with Crippen molar-refractivity contribution < 1.29 is 9.59 Å². The molecular formula is C22H21N3O2. The third-order valence-electron chi connectivity index (χ3n) is 4.64. The first-order valence-corrected chi connectivity index (χ1v) is 8.51. The maximum Gasteiger partial charge on any atom is 0.258 e. The van der Waals surface area contributed by atoms with Crippen molar-refractivity contribution in [2.24, 2.45) is 0 Å². The van der Waals surface area contributed by atoms with E-state index in [1.807, 2.05) is 52.0 Å². The predicted octanol–water partition coefficient (Wildman–Crippen LogP) is 3.59. The summed E-state index contributed by atoms with van der Waals surface area (Å²) in [6, 6.07) is 18.7. The Morgan fingerprint density at radius 3 is 2.19 bits per heavy atom. The Hall–Kier alpha value is -3.44. The van der Waals surface area contributed by atoms with Crippen LogP contribution in [0.4, 0.5) is 0 Å². The lowest BCUT2D eigenvalue weighted by molar-refractivity contribution is -0.125. The molecule has 0 saturated carbocycles. The van der Waals surface area contributed by atoms with Gasteiger partial charge in [0, 0.05) is 5.56 Å². The van der Waals surface area contributed by atoms with Gasteiger partial charge >= 0.3 is 0 Å². The van der Waals surface area contributed by atoms with Gasteiger partial charge in [0.25, 0.3) is 5.91 Å². The molecule has 2 aromatic carbocycles. The third-order valence-corrected chi connectivity index (χ3v) is 4.64. The van der Waals surface area contributed by atoms with Crippen LogP contribution in [0.15, 0.2) is 48.5 Å². The summed E-state index contributed by atoms with van der Waals surface area (Å²) >= 11 is 0. The molecule has 2 amide bonds. The molecule has 5 heteroatoms. The minimum absolute atomic E-state index is 0.235. The summed E-state index contributed by atoms with van der Waals surface area (Å²) < 4.78 is 0. The van der Waals surface area contributed by atoms with Gasteiger partial charge in [-0.25, -0.2) is 0 Å². The van der Waals surface area contributed by atoms with E-state index in [0.29, 0.717) is 11.1 Å². The number of imide groups is 1. The number of carbonyl (C=O) groups is 2. The topological polar surface area (TPSA) is 93.8 Å². The Bertz CT molecular complexity index is 976. The number of nitrogens with zero attached hydrogens (tertiary/aromatic N) is 2. The highest BCUT2D eigenvalue weighted by Crippen LogP contribution is 2.29. The highest BCUT2D eigenvalue weighted by Gasteiger charge is 2.38. The smallest absolute Gasteiger partial charge is 0.258 e. The van der Waals surface area contributed by atoms with E-state index in [2.05, 4.69) is 17.5 Å². The van der Waals surface area contributed by atoms with Crippen LogP contribution in [0.25, 0.3) is 0 Å². The Balaban J connectivity index is 0.000000194. The lowest BCUT2D eigenvalue weighted by Gasteiger charge is -2.30. The largest absolute Gasteiger partial charge is 0.292 e. The maximum absolute atomic E-state index is 11.6. The summed E-state index contributed by atoms with van der Waals surface area (Å²) in [6.07, 6.45) is 0. The van der Waals surface area contributed by atoms with Gasteiger partial charge in [-0.15, -0.1) is 0 Å². The lowest BCUT2D eigenvalue weighted by atomic mass is 9.78. The maximum atomic E-state index is 11.6. The Labute approximate surface area is 159 Å². The summed E-state index contributed by atoms with van der Waals surface area (Å²) in [4.78, 5) is 23.0. The Morgan fingerprint density at radius 1 is 0.963 bits per heavy atom. The second-order valence-electron chi connectivity index (χ2n) is 7.35. The van der Waals surface area contributed by atoms with E-state index in [9.17, 15) is 9.59 Å². The minimum Gasteiger partial charge on any atom is -0.292 e. The molecule has 1 aliphatic rings. The van der Waals surface area contributed by atoms with Gasteiger partial charge < -0.3 is 0 Å². The number of benzene rings is 2. The average Bonchev–Trinajstić information content (AvgIpc) is 2.67. The fraction of sp³-hybridized carbons (Fsp3) is 0.273. The molecule has 27 heavy (non-hydrogen) atoms. The number of hydrogen-bond acceptors (Lipinski definition) is 4. The molecule has 0 aliphatic carbocycles. The summed E-state index contributed by atoms with van der Waals surface area (Å²) in [5.41, 5.74) is 1.55. The number of nitriles is 2. The number of nitrogens with one attached hydrogen (secondary N) is 1. The molecule has 1 N–H and O–H groups in total. The van der Waals surface area contributed by atoms with E-state index >= 15 is 0 Å². The zero-order valence-corrected chi connectivity index (χ0v) is 15.8. The van der Waals surface area contributed by atoms with Crippen molar-refractivity contribution in [3.63, 3.8) is 0 Å². The van der Waals surface area contributed by atoms with Crippen molar-refractivity contribution in [3.8, 4) is 12.1 Å². The van der Waals surface area contributed by atoms with E-state index in [1.54, 1.807) is 24.3 Å². The molecule has 2 aromatic rings. The molecule has 136 valence electrons. The average molecular weight is 359 g/mol. The minimum atomic E-state index is -0.621. The van der Waals surface area contributed by atoms with E-state index in [4.69, 9.17) is 10.5 Å². The number of hydrogen-bond donors (Lipinski definition) is 1. The number of carbonyl (C=O) groups excluding carboxylic acids is 2. The van der Waals surface area contributed by atoms with Gasteiger partial charge in [-0.05, 0) is 51.0 Å². The van der Waals surface area contributed by atoms with Crippen LogP contribution < -0.4 is 5.32 Å². The molecule has 1 aliphatic heterocycles. The number of amides is 2. The van der Waals surface area contributed by atoms with Gasteiger partial charge in [-0.1, -0.05) is 36.4 Å². The summed E-state index contributed by atoms with van der Waals surface area (Å²) in [5.74, 6) is -0.536. The second kappa shape index (κ2) is 7.43. The quantitative estimate of drug-likeness (QED) is 0.787. The fourth-order valence-electron chi connectivity index (χ4n) is 2.86. The van der Waals surface area contributed by atoms with Gasteiger partial charge in [0.15, 0.2) is 0 Å². The molecule has 0 fully saturated rings. The van der Waals surface area contributed by atoms with Crippen LogP contribution in [0.3, 0.4) is 0 Å². The van der Waals surface area contributed by atoms with Crippen molar-refractivity contribution >= 4 is 11.8 Å².